The third-order valence-electron chi connectivity index (χ3n) is 2.68. The molecule has 0 aliphatic heterocycles. The van der Waals surface area contributed by atoms with Gasteiger partial charge in [0.25, 0.3) is 0 Å². The third kappa shape index (κ3) is 3.67. The van der Waals surface area contributed by atoms with Crippen molar-refractivity contribution >= 4 is 0 Å². The summed E-state index contributed by atoms with van der Waals surface area (Å²) < 4.78 is 1.88. The molecule has 1 N–H and O–H groups in total. The van der Waals surface area contributed by atoms with E-state index < -0.39 is 0 Å². The topological polar surface area (TPSA) is 42.7 Å². The molecule has 2 rings (SSSR count). The molecule has 0 unspecified atom stereocenters. The van der Waals surface area contributed by atoms with Crippen molar-refractivity contribution in [3.05, 3.63) is 47.5 Å². The van der Waals surface area contributed by atoms with Gasteiger partial charge in [0.1, 0.15) is 6.33 Å². The lowest BCUT2D eigenvalue weighted by atomic mass is 10.1. The van der Waals surface area contributed by atoms with Crippen molar-refractivity contribution in [3.63, 3.8) is 0 Å². The van der Waals surface area contributed by atoms with Crippen LogP contribution in [0.1, 0.15) is 30.8 Å². The first-order valence-electron chi connectivity index (χ1n) is 6.31. The Kier molecular flexibility index (Phi) is 4.10. The molecular formula is C14H20N4. The van der Waals surface area contributed by atoms with E-state index in [1.807, 2.05) is 4.68 Å². The van der Waals surface area contributed by atoms with E-state index in [-0.39, 0.29) is 0 Å². The van der Waals surface area contributed by atoms with Crippen molar-refractivity contribution < 1.29 is 0 Å². The maximum absolute atomic E-state index is 4.45. The van der Waals surface area contributed by atoms with Crippen LogP contribution in [0.2, 0.25) is 0 Å². The molecule has 0 fully saturated rings. The smallest absolute Gasteiger partial charge is 0.164 e. The number of nitrogens with one attached hydrogen (secondary N) is 1. The predicted octanol–water partition coefficient (Wildman–Crippen LogP) is 2.13. The maximum atomic E-state index is 4.45. The highest BCUT2D eigenvalue weighted by molar-refractivity contribution is 5.22. The Morgan fingerprint density at radius 1 is 1.33 bits per heavy atom. The molecule has 0 atom stereocenters. The third-order valence-corrected chi connectivity index (χ3v) is 2.68. The lowest BCUT2D eigenvalue weighted by Gasteiger charge is -2.04. The first-order valence-corrected chi connectivity index (χ1v) is 6.31. The van der Waals surface area contributed by atoms with Crippen LogP contribution < -0.4 is 5.32 Å². The van der Waals surface area contributed by atoms with Gasteiger partial charge in [-0.2, -0.15) is 5.10 Å². The Morgan fingerprint density at radius 3 is 2.89 bits per heavy atom. The van der Waals surface area contributed by atoms with Crippen molar-refractivity contribution in [3.8, 4) is 0 Å². The van der Waals surface area contributed by atoms with E-state index >= 15 is 0 Å². The Balaban J connectivity index is 1.98. The number of nitrogens with zero attached hydrogens (tertiary/aromatic N) is 3. The van der Waals surface area contributed by atoms with Crippen molar-refractivity contribution in [2.75, 3.05) is 0 Å². The molecule has 1 heterocycles. The van der Waals surface area contributed by atoms with E-state index in [2.05, 4.69) is 60.4 Å². The summed E-state index contributed by atoms with van der Waals surface area (Å²) >= 11 is 0. The monoisotopic (exact) mass is 244 g/mol. The predicted molar refractivity (Wildman–Crippen MR) is 72.3 cm³/mol. The summed E-state index contributed by atoms with van der Waals surface area (Å²) in [5.41, 5.74) is 2.53. The van der Waals surface area contributed by atoms with E-state index in [1.165, 1.54) is 11.1 Å². The van der Waals surface area contributed by atoms with Crippen LogP contribution >= 0.6 is 0 Å². The molecule has 4 nitrogen and oxygen atoms in total. The van der Waals surface area contributed by atoms with Crippen LogP contribution in [0, 0.1) is 6.92 Å². The van der Waals surface area contributed by atoms with E-state index in [0.717, 1.165) is 18.9 Å². The SMILES string of the molecule is Cc1cccc(Cn2cnc(CNC(C)C)n2)c1. The Labute approximate surface area is 108 Å². The van der Waals surface area contributed by atoms with E-state index in [0.29, 0.717) is 6.04 Å². The summed E-state index contributed by atoms with van der Waals surface area (Å²) in [6.45, 7) is 7.82. The van der Waals surface area contributed by atoms with Crippen molar-refractivity contribution in [1.82, 2.24) is 20.1 Å². The fourth-order valence-corrected chi connectivity index (χ4v) is 1.78. The van der Waals surface area contributed by atoms with Crippen LogP contribution in [0.3, 0.4) is 0 Å². The van der Waals surface area contributed by atoms with Gasteiger partial charge in [0, 0.05) is 6.04 Å². The van der Waals surface area contributed by atoms with Crippen LogP contribution in [0.5, 0.6) is 0 Å². The van der Waals surface area contributed by atoms with Gasteiger partial charge in [-0.15, -0.1) is 0 Å². The molecule has 0 radical (unpaired) electrons. The summed E-state index contributed by atoms with van der Waals surface area (Å²) in [5.74, 6) is 0.844. The van der Waals surface area contributed by atoms with Gasteiger partial charge >= 0.3 is 0 Å². The minimum absolute atomic E-state index is 0.453. The van der Waals surface area contributed by atoms with Gasteiger partial charge in [0.15, 0.2) is 5.82 Å². The van der Waals surface area contributed by atoms with Gasteiger partial charge in [0.2, 0.25) is 0 Å². The Bertz CT molecular complexity index is 502. The van der Waals surface area contributed by atoms with Crippen molar-refractivity contribution in [2.24, 2.45) is 0 Å². The van der Waals surface area contributed by atoms with E-state index in [4.69, 9.17) is 0 Å². The van der Waals surface area contributed by atoms with Gasteiger partial charge in [-0.1, -0.05) is 43.7 Å². The van der Waals surface area contributed by atoms with E-state index in [9.17, 15) is 0 Å². The number of hydrogen-bond acceptors (Lipinski definition) is 3. The molecule has 96 valence electrons. The number of hydrogen-bond donors (Lipinski definition) is 1. The van der Waals surface area contributed by atoms with E-state index in [1.54, 1.807) is 6.33 Å². The second kappa shape index (κ2) is 5.78. The molecule has 0 spiro atoms. The zero-order valence-corrected chi connectivity index (χ0v) is 11.2. The van der Waals surface area contributed by atoms with Gasteiger partial charge in [0.05, 0.1) is 13.1 Å². The lowest BCUT2D eigenvalue weighted by molar-refractivity contribution is 0.565. The lowest BCUT2D eigenvalue weighted by Crippen LogP contribution is -2.22. The summed E-state index contributed by atoms with van der Waals surface area (Å²) in [7, 11) is 0. The molecule has 1 aromatic heterocycles. The quantitative estimate of drug-likeness (QED) is 0.876. The molecule has 18 heavy (non-hydrogen) atoms. The Hall–Kier alpha value is -1.68. The molecule has 0 saturated carbocycles. The summed E-state index contributed by atoms with van der Waals surface area (Å²) in [4.78, 5) is 4.30. The number of rotatable bonds is 5. The maximum Gasteiger partial charge on any atom is 0.164 e. The highest BCUT2D eigenvalue weighted by atomic mass is 15.3. The molecule has 0 bridgehead atoms. The minimum Gasteiger partial charge on any atom is -0.308 e. The molecule has 4 heteroatoms. The largest absolute Gasteiger partial charge is 0.308 e. The molecule has 0 saturated heterocycles. The molecular weight excluding hydrogens is 224 g/mol. The fraction of sp³-hybridized carbons (Fsp3) is 0.429. The molecule has 0 aliphatic carbocycles. The van der Waals surface area contributed by atoms with Gasteiger partial charge in [-0.3, -0.25) is 0 Å². The summed E-state index contributed by atoms with van der Waals surface area (Å²) in [6.07, 6.45) is 1.79. The number of aryl methyl sites for hydroxylation is 1. The van der Waals surface area contributed by atoms with Crippen LogP contribution in [0.25, 0.3) is 0 Å². The first-order chi connectivity index (χ1) is 8.63. The number of aromatic nitrogens is 3. The van der Waals surface area contributed by atoms with Gasteiger partial charge in [-0.05, 0) is 12.5 Å². The molecule has 0 aliphatic rings. The summed E-state index contributed by atoms with van der Waals surface area (Å²) in [6, 6.07) is 8.91. The second-order valence-electron chi connectivity index (χ2n) is 4.88. The zero-order valence-electron chi connectivity index (χ0n) is 11.2. The van der Waals surface area contributed by atoms with Crippen LogP contribution in [0.15, 0.2) is 30.6 Å². The molecule has 2 aromatic rings. The highest BCUT2D eigenvalue weighted by Gasteiger charge is 2.02. The normalized spacial score (nSPS) is 11.1. The highest BCUT2D eigenvalue weighted by Crippen LogP contribution is 2.05. The minimum atomic E-state index is 0.453. The summed E-state index contributed by atoms with van der Waals surface area (Å²) in [5, 5.41) is 7.76. The van der Waals surface area contributed by atoms with Crippen LogP contribution in [-0.2, 0) is 13.1 Å². The Morgan fingerprint density at radius 2 is 2.17 bits per heavy atom. The first kappa shape index (κ1) is 12.8. The molecule has 0 amide bonds. The van der Waals surface area contributed by atoms with Crippen molar-refractivity contribution in [1.29, 1.82) is 0 Å². The molecule has 1 aromatic carbocycles. The van der Waals surface area contributed by atoms with Gasteiger partial charge < -0.3 is 5.32 Å². The van der Waals surface area contributed by atoms with Crippen molar-refractivity contribution in [2.45, 2.75) is 39.9 Å². The second-order valence-corrected chi connectivity index (χ2v) is 4.88. The average Bonchev–Trinajstić information content (AvgIpc) is 2.74. The average molecular weight is 244 g/mol. The fourth-order valence-electron chi connectivity index (χ4n) is 1.78. The number of benzene rings is 1. The van der Waals surface area contributed by atoms with Gasteiger partial charge in [-0.25, -0.2) is 9.67 Å². The van der Waals surface area contributed by atoms with Crippen LogP contribution in [0.4, 0.5) is 0 Å². The zero-order chi connectivity index (χ0) is 13.0. The van der Waals surface area contributed by atoms with Crippen LogP contribution in [-0.4, -0.2) is 20.8 Å². The standard InChI is InChI=1S/C14H20N4/c1-11(2)15-8-14-16-10-18(17-14)9-13-6-4-5-12(3)7-13/h4-7,10-11,15H,8-9H2,1-3H3.